The van der Waals surface area contributed by atoms with Crippen molar-refractivity contribution in [2.45, 2.75) is 5.22 Å². The average Bonchev–Trinajstić information content (AvgIpc) is 3.03. The fraction of sp³-hybridized carbons (Fsp3) is 0. The Bertz CT molecular complexity index is 938. The lowest BCUT2D eigenvalue weighted by Crippen LogP contribution is -1.96. The van der Waals surface area contributed by atoms with E-state index in [4.69, 9.17) is 16.0 Å². The first kappa shape index (κ1) is 17.1. The van der Waals surface area contributed by atoms with Gasteiger partial charge in [0, 0.05) is 10.6 Å². The van der Waals surface area contributed by atoms with Gasteiger partial charge in [-0.25, -0.2) is 4.79 Å². The molecular formula is C17H11ClN2O4S. The second-order valence-corrected chi connectivity index (χ2v) is 6.32. The lowest BCUT2D eigenvalue weighted by atomic mass is 10.2. The van der Waals surface area contributed by atoms with Crippen LogP contribution in [-0.4, -0.2) is 26.4 Å². The van der Waals surface area contributed by atoms with Gasteiger partial charge in [0.05, 0.1) is 0 Å². The molecule has 0 radical (unpaired) electrons. The molecule has 0 fully saturated rings. The van der Waals surface area contributed by atoms with E-state index < -0.39 is 5.97 Å². The highest BCUT2D eigenvalue weighted by atomic mass is 35.5. The van der Waals surface area contributed by atoms with Crippen molar-refractivity contribution in [1.82, 2.24) is 10.2 Å². The third-order valence-electron chi connectivity index (χ3n) is 3.07. The summed E-state index contributed by atoms with van der Waals surface area (Å²) in [6.07, 6.45) is 1.42. The van der Waals surface area contributed by atoms with Crippen molar-refractivity contribution in [2.24, 2.45) is 0 Å². The number of rotatable bonds is 5. The van der Waals surface area contributed by atoms with Gasteiger partial charge in [0.2, 0.25) is 5.89 Å². The van der Waals surface area contributed by atoms with E-state index in [0.717, 1.165) is 11.8 Å². The van der Waals surface area contributed by atoms with Crippen LogP contribution in [-0.2, 0) is 4.79 Å². The van der Waals surface area contributed by atoms with E-state index in [2.05, 4.69) is 10.2 Å². The summed E-state index contributed by atoms with van der Waals surface area (Å²) < 4.78 is 5.50. The number of nitrogens with zero attached hydrogens (tertiary/aromatic N) is 2. The van der Waals surface area contributed by atoms with Gasteiger partial charge in [-0.15, -0.1) is 10.2 Å². The molecule has 0 aliphatic heterocycles. The largest absolute Gasteiger partial charge is 0.508 e. The number of carbonyl (C=O) groups is 1. The molecule has 0 unspecified atom stereocenters. The standard InChI is InChI=1S/C17H11ClN2O4S/c18-12-6-4-11(5-7-12)15-19-20-17(24-15)25-14(16(22)23)9-10-2-1-3-13(21)8-10/h1-9,21H,(H,22,23)/b14-9-. The van der Waals surface area contributed by atoms with Crippen LogP contribution in [0.15, 0.2) is 63.1 Å². The number of carboxylic acids is 1. The molecule has 0 aliphatic carbocycles. The number of hydrogen-bond acceptors (Lipinski definition) is 6. The zero-order chi connectivity index (χ0) is 17.8. The molecule has 6 nitrogen and oxygen atoms in total. The average molecular weight is 375 g/mol. The quantitative estimate of drug-likeness (QED) is 0.507. The molecule has 0 atom stereocenters. The monoisotopic (exact) mass is 374 g/mol. The second-order valence-electron chi connectivity index (χ2n) is 4.89. The smallest absolute Gasteiger partial charge is 0.342 e. The van der Waals surface area contributed by atoms with E-state index in [1.165, 1.54) is 18.2 Å². The van der Waals surface area contributed by atoms with E-state index in [9.17, 15) is 15.0 Å². The number of phenols is 1. The van der Waals surface area contributed by atoms with Gasteiger partial charge >= 0.3 is 5.97 Å². The van der Waals surface area contributed by atoms with Crippen LogP contribution in [0.2, 0.25) is 5.02 Å². The molecule has 3 rings (SSSR count). The molecule has 0 bridgehead atoms. The van der Waals surface area contributed by atoms with Gasteiger partial charge in [-0.1, -0.05) is 23.7 Å². The lowest BCUT2D eigenvalue weighted by molar-refractivity contribution is -0.131. The Kier molecular flexibility index (Phi) is 5.06. The molecule has 3 aromatic rings. The predicted molar refractivity (Wildman–Crippen MR) is 94.3 cm³/mol. The summed E-state index contributed by atoms with van der Waals surface area (Å²) in [6, 6.07) is 13.1. The Hall–Kier alpha value is -2.77. The van der Waals surface area contributed by atoms with Gasteiger partial charge in [-0.05, 0) is 59.8 Å². The lowest BCUT2D eigenvalue weighted by Gasteiger charge is -2.00. The Morgan fingerprint density at radius 2 is 1.92 bits per heavy atom. The predicted octanol–water partition coefficient (Wildman–Crippen LogP) is 4.31. The molecule has 2 N–H and O–H groups in total. The fourth-order valence-corrected chi connectivity index (χ4v) is 2.75. The Morgan fingerprint density at radius 1 is 1.16 bits per heavy atom. The molecule has 0 saturated heterocycles. The highest BCUT2D eigenvalue weighted by Gasteiger charge is 2.16. The minimum Gasteiger partial charge on any atom is -0.508 e. The number of phenolic OH excluding ortho intramolecular Hbond substituents is 1. The molecule has 0 spiro atoms. The molecule has 0 amide bonds. The van der Waals surface area contributed by atoms with Crippen LogP contribution < -0.4 is 0 Å². The van der Waals surface area contributed by atoms with Crippen LogP contribution in [0.4, 0.5) is 0 Å². The maximum absolute atomic E-state index is 11.5. The van der Waals surface area contributed by atoms with Crippen LogP contribution in [0.5, 0.6) is 5.75 Å². The molecule has 0 aliphatic rings. The van der Waals surface area contributed by atoms with E-state index in [1.807, 2.05) is 0 Å². The maximum atomic E-state index is 11.5. The van der Waals surface area contributed by atoms with Crippen LogP contribution in [0.1, 0.15) is 5.56 Å². The minimum absolute atomic E-state index is 0.0168. The number of aromatic hydroxyl groups is 1. The summed E-state index contributed by atoms with van der Waals surface area (Å²) >= 11 is 6.66. The maximum Gasteiger partial charge on any atom is 0.342 e. The Labute approximate surface area is 151 Å². The van der Waals surface area contributed by atoms with Crippen molar-refractivity contribution in [3.05, 3.63) is 64.0 Å². The summed E-state index contributed by atoms with van der Waals surface area (Å²) in [6.45, 7) is 0. The number of thioether (sulfide) groups is 1. The number of benzene rings is 2. The van der Waals surface area contributed by atoms with Crippen molar-refractivity contribution in [2.75, 3.05) is 0 Å². The second kappa shape index (κ2) is 7.42. The van der Waals surface area contributed by atoms with Gasteiger partial charge in [0.1, 0.15) is 10.7 Å². The normalized spacial score (nSPS) is 11.5. The molecule has 8 heteroatoms. The third kappa shape index (κ3) is 4.40. The van der Waals surface area contributed by atoms with Crippen LogP contribution in [0.25, 0.3) is 17.5 Å². The topological polar surface area (TPSA) is 96.5 Å². The van der Waals surface area contributed by atoms with Gasteiger partial charge in [-0.3, -0.25) is 0 Å². The zero-order valence-corrected chi connectivity index (χ0v) is 14.2. The van der Waals surface area contributed by atoms with Gasteiger partial charge < -0.3 is 14.6 Å². The minimum atomic E-state index is -1.14. The summed E-state index contributed by atoms with van der Waals surface area (Å²) in [5.41, 5.74) is 1.22. The first-order chi connectivity index (χ1) is 12.0. The third-order valence-corrected chi connectivity index (χ3v) is 4.18. The van der Waals surface area contributed by atoms with E-state index >= 15 is 0 Å². The SMILES string of the molecule is O=C(O)/C(=C/c1cccc(O)c1)Sc1nnc(-c2ccc(Cl)cc2)o1. The fourth-order valence-electron chi connectivity index (χ4n) is 1.96. The van der Waals surface area contributed by atoms with Gasteiger partial charge in [-0.2, -0.15) is 0 Å². The number of carboxylic acid groups (broad SMARTS) is 1. The number of aromatic nitrogens is 2. The molecule has 25 heavy (non-hydrogen) atoms. The van der Waals surface area contributed by atoms with Crippen molar-refractivity contribution >= 4 is 35.4 Å². The number of halogens is 1. The first-order valence-electron chi connectivity index (χ1n) is 7.02. The van der Waals surface area contributed by atoms with Crippen LogP contribution in [0, 0.1) is 0 Å². The Balaban J connectivity index is 1.84. The number of hydrogen-bond donors (Lipinski definition) is 2. The summed E-state index contributed by atoms with van der Waals surface area (Å²) in [5, 5.41) is 27.3. The van der Waals surface area contributed by atoms with Crippen molar-refractivity contribution in [3.63, 3.8) is 0 Å². The van der Waals surface area contributed by atoms with Gasteiger partial charge in [0.15, 0.2) is 0 Å². The summed E-state index contributed by atoms with van der Waals surface area (Å²) in [4.78, 5) is 11.4. The summed E-state index contributed by atoms with van der Waals surface area (Å²) in [7, 11) is 0. The molecule has 1 heterocycles. The molecule has 1 aromatic heterocycles. The van der Waals surface area contributed by atoms with Crippen molar-refractivity contribution in [1.29, 1.82) is 0 Å². The van der Waals surface area contributed by atoms with Crippen molar-refractivity contribution in [3.8, 4) is 17.2 Å². The highest BCUT2D eigenvalue weighted by Crippen LogP contribution is 2.30. The first-order valence-corrected chi connectivity index (χ1v) is 8.22. The molecule has 0 saturated carbocycles. The molecule has 2 aromatic carbocycles. The zero-order valence-electron chi connectivity index (χ0n) is 12.6. The van der Waals surface area contributed by atoms with E-state index in [-0.39, 0.29) is 21.8 Å². The van der Waals surface area contributed by atoms with Crippen LogP contribution in [0.3, 0.4) is 0 Å². The number of aliphatic carboxylic acids is 1. The Morgan fingerprint density at radius 3 is 2.60 bits per heavy atom. The molecule has 126 valence electrons. The van der Waals surface area contributed by atoms with E-state index in [1.54, 1.807) is 36.4 Å². The molecular weight excluding hydrogens is 364 g/mol. The van der Waals surface area contributed by atoms with E-state index in [0.29, 0.717) is 16.1 Å². The van der Waals surface area contributed by atoms with Gasteiger partial charge in [0.25, 0.3) is 5.22 Å². The summed E-state index contributed by atoms with van der Waals surface area (Å²) in [5.74, 6) is -0.827. The highest BCUT2D eigenvalue weighted by molar-refractivity contribution is 8.03. The van der Waals surface area contributed by atoms with Crippen LogP contribution >= 0.6 is 23.4 Å². The van der Waals surface area contributed by atoms with Crippen molar-refractivity contribution < 1.29 is 19.4 Å².